The molecule has 1 aromatic heterocycles. The van der Waals surface area contributed by atoms with Gasteiger partial charge in [-0.05, 0) is 49.4 Å². The molecule has 1 aliphatic rings. The first-order valence-electron chi connectivity index (χ1n) is 6.62. The van der Waals surface area contributed by atoms with Crippen molar-refractivity contribution in [1.29, 1.82) is 0 Å². The number of aryl methyl sites for hydroxylation is 2. The first-order valence-corrected chi connectivity index (χ1v) is 6.62. The van der Waals surface area contributed by atoms with Crippen LogP contribution in [0.4, 0.5) is 0 Å². The van der Waals surface area contributed by atoms with Crippen molar-refractivity contribution in [3.8, 4) is 11.1 Å². The standard InChI is InChI=1S/C15H19N3/c1-3-18-10(2)14(9-17-18)12-5-4-11-6-7-15(16)13(11)8-12/h4-5,8-9,15H,3,6-7,16H2,1-2H3. The van der Waals surface area contributed by atoms with Crippen LogP contribution in [-0.4, -0.2) is 9.78 Å². The highest BCUT2D eigenvalue weighted by atomic mass is 15.3. The lowest BCUT2D eigenvalue weighted by molar-refractivity contribution is 0.640. The number of hydrogen-bond acceptors (Lipinski definition) is 2. The fourth-order valence-electron chi connectivity index (χ4n) is 2.85. The number of hydrogen-bond donors (Lipinski definition) is 1. The maximum Gasteiger partial charge on any atom is 0.0571 e. The molecule has 1 heterocycles. The van der Waals surface area contributed by atoms with Crippen LogP contribution in [0.5, 0.6) is 0 Å². The largest absolute Gasteiger partial charge is 0.324 e. The smallest absolute Gasteiger partial charge is 0.0571 e. The number of fused-ring (bicyclic) bond motifs is 1. The van der Waals surface area contributed by atoms with Crippen molar-refractivity contribution < 1.29 is 0 Å². The quantitative estimate of drug-likeness (QED) is 0.878. The number of nitrogens with two attached hydrogens (primary N) is 1. The van der Waals surface area contributed by atoms with E-state index in [4.69, 9.17) is 5.73 Å². The average Bonchev–Trinajstić information content (AvgIpc) is 2.93. The summed E-state index contributed by atoms with van der Waals surface area (Å²) in [6, 6.07) is 6.87. The van der Waals surface area contributed by atoms with Crippen LogP contribution in [0.25, 0.3) is 11.1 Å². The van der Waals surface area contributed by atoms with Crippen LogP contribution in [-0.2, 0) is 13.0 Å². The summed E-state index contributed by atoms with van der Waals surface area (Å²) >= 11 is 0. The molecule has 1 aromatic carbocycles. The number of aromatic nitrogens is 2. The van der Waals surface area contributed by atoms with Gasteiger partial charge in [-0.1, -0.05) is 12.1 Å². The van der Waals surface area contributed by atoms with E-state index in [0.717, 1.165) is 19.4 Å². The molecule has 3 nitrogen and oxygen atoms in total. The lowest BCUT2D eigenvalue weighted by Crippen LogP contribution is -2.05. The van der Waals surface area contributed by atoms with Crippen LogP contribution >= 0.6 is 0 Å². The van der Waals surface area contributed by atoms with Gasteiger partial charge < -0.3 is 5.73 Å². The minimum atomic E-state index is 0.210. The van der Waals surface area contributed by atoms with Crippen molar-refractivity contribution >= 4 is 0 Å². The summed E-state index contributed by atoms with van der Waals surface area (Å²) in [5, 5.41) is 4.41. The normalized spacial score (nSPS) is 18.1. The van der Waals surface area contributed by atoms with Gasteiger partial charge in [-0.15, -0.1) is 0 Å². The third kappa shape index (κ3) is 1.66. The van der Waals surface area contributed by atoms with Crippen LogP contribution < -0.4 is 5.73 Å². The highest BCUT2D eigenvalue weighted by molar-refractivity contribution is 5.67. The zero-order chi connectivity index (χ0) is 12.7. The third-order valence-corrected chi connectivity index (χ3v) is 3.98. The van der Waals surface area contributed by atoms with E-state index in [1.54, 1.807) is 0 Å². The molecule has 3 rings (SSSR count). The molecule has 94 valence electrons. The van der Waals surface area contributed by atoms with Gasteiger partial charge in [0.1, 0.15) is 0 Å². The van der Waals surface area contributed by atoms with Crippen LogP contribution in [0.15, 0.2) is 24.4 Å². The lowest BCUT2D eigenvalue weighted by atomic mass is 10.00. The van der Waals surface area contributed by atoms with Gasteiger partial charge in [-0.3, -0.25) is 4.68 Å². The Labute approximate surface area is 108 Å². The van der Waals surface area contributed by atoms with Crippen LogP contribution in [0.2, 0.25) is 0 Å². The second kappa shape index (κ2) is 4.25. The molecule has 0 saturated carbocycles. The van der Waals surface area contributed by atoms with Gasteiger partial charge in [0.2, 0.25) is 0 Å². The number of benzene rings is 1. The fourth-order valence-corrected chi connectivity index (χ4v) is 2.85. The topological polar surface area (TPSA) is 43.8 Å². The minimum absolute atomic E-state index is 0.210. The summed E-state index contributed by atoms with van der Waals surface area (Å²) in [6.45, 7) is 5.15. The summed E-state index contributed by atoms with van der Waals surface area (Å²) in [5.41, 5.74) is 12.6. The molecule has 1 atom stereocenters. The molecule has 0 fully saturated rings. The van der Waals surface area contributed by atoms with Gasteiger partial charge in [0.15, 0.2) is 0 Å². The summed E-state index contributed by atoms with van der Waals surface area (Å²) in [4.78, 5) is 0. The van der Waals surface area contributed by atoms with Crippen LogP contribution in [0, 0.1) is 6.92 Å². The number of nitrogens with zero attached hydrogens (tertiary/aromatic N) is 2. The maximum absolute atomic E-state index is 6.14. The molecular formula is C15H19N3. The SMILES string of the molecule is CCn1ncc(-c2ccc3c(c2)C(N)CC3)c1C. The molecule has 0 saturated heterocycles. The molecule has 18 heavy (non-hydrogen) atoms. The Morgan fingerprint density at radius 2 is 2.28 bits per heavy atom. The van der Waals surface area contributed by atoms with E-state index in [9.17, 15) is 0 Å². The van der Waals surface area contributed by atoms with Crippen molar-refractivity contribution in [2.75, 3.05) is 0 Å². The van der Waals surface area contributed by atoms with Crippen molar-refractivity contribution in [3.63, 3.8) is 0 Å². The number of rotatable bonds is 2. The molecule has 1 aliphatic carbocycles. The molecule has 0 radical (unpaired) electrons. The molecule has 0 bridgehead atoms. The molecule has 0 spiro atoms. The van der Waals surface area contributed by atoms with Crippen LogP contribution in [0.1, 0.15) is 36.2 Å². The Bertz CT molecular complexity index is 583. The Kier molecular flexibility index (Phi) is 2.71. The second-order valence-corrected chi connectivity index (χ2v) is 5.02. The van der Waals surface area contributed by atoms with Crippen molar-refractivity contribution in [1.82, 2.24) is 9.78 Å². The Morgan fingerprint density at radius 3 is 3.00 bits per heavy atom. The summed E-state index contributed by atoms with van der Waals surface area (Å²) in [6.07, 6.45) is 4.15. The zero-order valence-corrected chi connectivity index (χ0v) is 11.0. The molecule has 3 heteroatoms. The Balaban J connectivity index is 2.07. The first-order chi connectivity index (χ1) is 8.70. The van der Waals surface area contributed by atoms with Crippen LogP contribution in [0.3, 0.4) is 0 Å². The predicted octanol–water partition coefficient (Wildman–Crippen LogP) is 2.82. The lowest BCUT2D eigenvalue weighted by Gasteiger charge is -2.08. The minimum Gasteiger partial charge on any atom is -0.324 e. The molecule has 0 amide bonds. The van der Waals surface area contributed by atoms with E-state index >= 15 is 0 Å². The fraction of sp³-hybridized carbons (Fsp3) is 0.400. The summed E-state index contributed by atoms with van der Waals surface area (Å²) in [5.74, 6) is 0. The molecule has 0 aliphatic heterocycles. The monoisotopic (exact) mass is 241 g/mol. The van der Waals surface area contributed by atoms with Crippen molar-refractivity contribution in [3.05, 3.63) is 41.2 Å². The van der Waals surface area contributed by atoms with Gasteiger partial charge in [0.05, 0.1) is 6.20 Å². The molecule has 2 N–H and O–H groups in total. The zero-order valence-electron chi connectivity index (χ0n) is 11.0. The average molecular weight is 241 g/mol. The van der Waals surface area contributed by atoms with E-state index in [1.807, 2.05) is 10.9 Å². The Morgan fingerprint density at radius 1 is 1.44 bits per heavy atom. The van der Waals surface area contributed by atoms with E-state index in [-0.39, 0.29) is 6.04 Å². The van der Waals surface area contributed by atoms with Gasteiger partial charge in [-0.25, -0.2) is 0 Å². The van der Waals surface area contributed by atoms with Gasteiger partial charge in [0.25, 0.3) is 0 Å². The van der Waals surface area contributed by atoms with E-state index < -0.39 is 0 Å². The predicted molar refractivity (Wildman–Crippen MR) is 73.3 cm³/mol. The van der Waals surface area contributed by atoms with E-state index in [0.29, 0.717) is 0 Å². The highest BCUT2D eigenvalue weighted by Crippen LogP contribution is 2.33. The second-order valence-electron chi connectivity index (χ2n) is 5.02. The van der Waals surface area contributed by atoms with Gasteiger partial charge >= 0.3 is 0 Å². The highest BCUT2D eigenvalue weighted by Gasteiger charge is 2.20. The van der Waals surface area contributed by atoms with E-state index in [2.05, 4.69) is 37.1 Å². The summed E-state index contributed by atoms with van der Waals surface area (Å²) in [7, 11) is 0. The van der Waals surface area contributed by atoms with Gasteiger partial charge in [0, 0.05) is 23.8 Å². The first kappa shape index (κ1) is 11.5. The third-order valence-electron chi connectivity index (χ3n) is 3.98. The Hall–Kier alpha value is -1.61. The molecule has 1 unspecified atom stereocenters. The summed E-state index contributed by atoms with van der Waals surface area (Å²) < 4.78 is 2.03. The van der Waals surface area contributed by atoms with E-state index in [1.165, 1.54) is 27.9 Å². The molecule has 2 aromatic rings. The maximum atomic E-state index is 6.14. The van der Waals surface area contributed by atoms with Crippen molar-refractivity contribution in [2.24, 2.45) is 5.73 Å². The van der Waals surface area contributed by atoms with Gasteiger partial charge in [-0.2, -0.15) is 5.10 Å². The molecular weight excluding hydrogens is 222 g/mol. The van der Waals surface area contributed by atoms with Crippen molar-refractivity contribution in [2.45, 2.75) is 39.3 Å².